The fourth-order valence-electron chi connectivity index (χ4n) is 3.33. The summed E-state index contributed by atoms with van der Waals surface area (Å²) in [6.07, 6.45) is 1.88. The summed E-state index contributed by atoms with van der Waals surface area (Å²) in [4.78, 5) is 35.4. The quantitative estimate of drug-likeness (QED) is 0.923. The number of hydrogen-bond donors (Lipinski definition) is 1. The molecule has 0 radical (unpaired) electrons. The second-order valence-electron chi connectivity index (χ2n) is 6.63. The van der Waals surface area contributed by atoms with Gasteiger partial charge in [0.2, 0.25) is 5.91 Å². The monoisotopic (exact) mass is 340 g/mol. The van der Waals surface area contributed by atoms with Gasteiger partial charge in [-0.2, -0.15) is 0 Å². The summed E-state index contributed by atoms with van der Waals surface area (Å²) in [5, 5.41) is 0. The number of hydrogen-bond acceptors (Lipinski definition) is 4. The molecule has 1 atom stereocenters. The number of para-hydroxylation sites is 1. The molecule has 1 unspecified atom stereocenters. The maximum atomic E-state index is 12.7. The van der Waals surface area contributed by atoms with E-state index in [2.05, 4.69) is 9.97 Å². The first kappa shape index (κ1) is 17.2. The fraction of sp³-hybridized carbons (Fsp3) is 0.421. The highest BCUT2D eigenvalue weighted by Crippen LogP contribution is 2.25. The number of likely N-dealkylation sites (tertiary alicyclic amines) is 1. The zero-order valence-electron chi connectivity index (χ0n) is 14.7. The van der Waals surface area contributed by atoms with Crippen LogP contribution in [0.4, 0.5) is 5.69 Å². The van der Waals surface area contributed by atoms with Crippen LogP contribution in [0, 0.1) is 6.92 Å². The van der Waals surface area contributed by atoms with E-state index in [0.29, 0.717) is 18.9 Å². The highest BCUT2D eigenvalue weighted by molar-refractivity contribution is 5.81. The molecular weight excluding hydrogens is 316 g/mol. The highest BCUT2D eigenvalue weighted by Gasteiger charge is 2.26. The summed E-state index contributed by atoms with van der Waals surface area (Å²) in [5.74, 6) is 0.855. The summed E-state index contributed by atoms with van der Waals surface area (Å²) >= 11 is 0. The number of aromatic amines is 1. The molecule has 6 heteroatoms. The Labute approximate surface area is 147 Å². The third-order valence-corrected chi connectivity index (χ3v) is 4.64. The van der Waals surface area contributed by atoms with Crippen molar-refractivity contribution in [2.24, 2.45) is 0 Å². The largest absolute Gasteiger partial charge is 0.365 e. The number of anilines is 1. The van der Waals surface area contributed by atoms with Crippen LogP contribution in [-0.4, -0.2) is 47.5 Å². The van der Waals surface area contributed by atoms with Crippen molar-refractivity contribution in [1.82, 2.24) is 14.9 Å². The maximum Gasteiger partial charge on any atom is 0.251 e. The predicted molar refractivity (Wildman–Crippen MR) is 97.9 cm³/mol. The number of H-pyrrole nitrogens is 1. The Morgan fingerprint density at radius 1 is 1.36 bits per heavy atom. The van der Waals surface area contributed by atoms with E-state index in [1.807, 2.05) is 47.2 Å². The highest BCUT2D eigenvalue weighted by atomic mass is 16.2. The van der Waals surface area contributed by atoms with Gasteiger partial charge >= 0.3 is 0 Å². The third-order valence-electron chi connectivity index (χ3n) is 4.64. The maximum absolute atomic E-state index is 12.7. The van der Waals surface area contributed by atoms with Gasteiger partial charge in [-0.05, 0) is 31.9 Å². The van der Waals surface area contributed by atoms with Gasteiger partial charge in [-0.3, -0.25) is 9.59 Å². The van der Waals surface area contributed by atoms with Gasteiger partial charge < -0.3 is 14.8 Å². The van der Waals surface area contributed by atoms with Crippen LogP contribution >= 0.6 is 0 Å². The lowest BCUT2D eigenvalue weighted by molar-refractivity contribution is -0.130. The van der Waals surface area contributed by atoms with E-state index in [1.54, 1.807) is 13.0 Å². The molecule has 1 aliphatic heterocycles. The second kappa shape index (κ2) is 7.51. The Morgan fingerprint density at radius 2 is 2.12 bits per heavy atom. The molecule has 25 heavy (non-hydrogen) atoms. The Bertz CT molecular complexity index is 788. The standard InChI is InChI=1S/C19H24N4O2/c1-14-20-17(11-18(24)21-14)15-7-6-10-23(12-15)19(25)13-22(2)16-8-4-3-5-9-16/h3-5,8-9,11,15H,6-7,10,12-13H2,1-2H3,(H,20,21,24). The minimum absolute atomic E-state index is 0.109. The summed E-state index contributed by atoms with van der Waals surface area (Å²) < 4.78 is 0. The topological polar surface area (TPSA) is 69.3 Å². The summed E-state index contributed by atoms with van der Waals surface area (Å²) in [5.41, 5.74) is 1.68. The smallest absolute Gasteiger partial charge is 0.251 e. The molecular formula is C19H24N4O2. The molecule has 1 saturated heterocycles. The van der Waals surface area contributed by atoms with Crippen molar-refractivity contribution in [3.63, 3.8) is 0 Å². The predicted octanol–water partition coefficient (Wildman–Crippen LogP) is 1.92. The van der Waals surface area contributed by atoms with E-state index in [1.165, 1.54) is 0 Å². The Morgan fingerprint density at radius 3 is 2.84 bits per heavy atom. The molecule has 1 aromatic carbocycles. The number of aromatic nitrogens is 2. The van der Waals surface area contributed by atoms with Gasteiger partial charge in [0.1, 0.15) is 5.82 Å². The normalized spacial score (nSPS) is 17.4. The molecule has 2 aromatic rings. The van der Waals surface area contributed by atoms with Gasteiger partial charge in [-0.1, -0.05) is 18.2 Å². The van der Waals surface area contributed by atoms with E-state index in [-0.39, 0.29) is 17.4 Å². The molecule has 0 saturated carbocycles. The number of benzene rings is 1. The molecule has 132 valence electrons. The molecule has 1 fully saturated rings. The number of aryl methyl sites for hydroxylation is 1. The Balaban J connectivity index is 1.66. The second-order valence-corrected chi connectivity index (χ2v) is 6.63. The molecule has 3 rings (SSSR count). The summed E-state index contributed by atoms with van der Waals surface area (Å²) in [6.45, 7) is 3.52. The van der Waals surface area contributed by atoms with Crippen LogP contribution in [0.5, 0.6) is 0 Å². The molecule has 1 N–H and O–H groups in total. The van der Waals surface area contributed by atoms with Crippen LogP contribution < -0.4 is 10.5 Å². The number of carbonyl (C=O) groups excluding carboxylic acids is 1. The molecule has 0 spiro atoms. The zero-order valence-corrected chi connectivity index (χ0v) is 14.7. The first-order valence-corrected chi connectivity index (χ1v) is 8.65. The number of nitrogens with one attached hydrogen (secondary N) is 1. The summed E-state index contributed by atoms with van der Waals surface area (Å²) in [6, 6.07) is 11.4. The lowest BCUT2D eigenvalue weighted by Gasteiger charge is -2.34. The molecule has 2 heterocycles. The van der Waals surface area contributed by atoms with E-state index < -0.39 is 0 Å². The van der Waals surface area contributed by atoms with Crippen molar-refractivity contribution in [2.75, 3.05) is 31.6 Å². The number of nitrogens with zero attached hydrogens (tertiary/aromatic N) is 3. The zero-order chi connectivity index (χ0) is 17.8. The van der Waals surface area contributed by atoms with E-state index in [9.17, 15) is 9.59 Å². The molecule has 6 nitrogen and oxygen atoms in total. The molecule has 0 aliphatic carbocycles. The van der Waals surface area contributed by atoms with Gasteiger partial charge in [0.15, 0.2) is 0 Å². The number of rotatable bonds is 4. The van der Waals surface area contributed by atoms with Crippen molar-refractivity contribution < 1.29 is 4.79 Å². The number of carbonyl (C=O) groups is 1. The molecule has 0 bridgehead atoms. The van der Waals surface area contributed by atoms with Crippen LogP contribution in [0.25, 0.3) is 0 Å². The molecule has 1 aliphatic rings. The summed E-state index contributed by atoms with van der Waals surface area (Å²) in [7, 11) is 1.93. The van der Waals surface area contributed by atoms with Crippen LogP contribution in [0.2, 0.25) is 0 Å². The van der Waals surface area contributed by atoms with Crippen molar-refractivity contribution in [3.8, 4) is 0 Å². The fourth-order valence-corrected chi connectivity index (χ4v) is 3.33. The molecule has 1 amide bonds. The number of piperidine rings is 1. The van der Waals surface area contributed by atoms with Gasteiger partial charge in [0.05, 0.1) is 12.2 Å². The van der Waals surface area contributed by atoms with E-state index in [4.69, 9.17) is 0 Å². The number of likely N-dealkylation sites (N-methyl/N-ethyl adjacent to an activating group) is 1. The van der Waals surface area contributed by atoms with Crippen molar-refractivity contribution in [3.05, 3.63) is 58.3 Å². The van der Waals surface area contributed by atoms with Crippen LogP contribution in [0.1, 0.15) is 30.3 Å². The lowest BCUT2D eigenvalue weighted by atomic mass is 9.94. The van der Waals surface area contributed by atoms with E-state index in [0.717, 1.165) is 30.8 Å². The van der Waals surface area contributed by atoms with Crippen molar-refractivity contribution in [2.45, 2.75) is 25.7 Å². The van der Waals surface area contributed by atoms with Crippen LogP contribution in [-0.2, 0) is 4.79 Å². The van der Waals surface area contributed by atoms with Gasteiger partial charge in [0.25, 0.3) is 5.56 Å². The van der Waals surface area contributed by atoms with Crippen LogP contribution in [0.15, 0.2) is 41.2 Å². The Kier molecular flexibility index (Phi) is 5.16. The van der Waals surface area contributed by atoms with Gasteiger partial charge in [-0.15, -0.1) is 0 Å². The van der Waals surface area contributed by atoms with Crippen molar-refractivity contribution in [1.29, 1.82) is 0 Å². The minimum Gasteiger partial charge on any atom is -0.365 e. The van der Waals surface area contributed by atoms with Crippen molar-refractivity contribution >= 4 is 11.6 Å². The Hall–Kier alpha value is -2.63. The first-order valence-electron chi connectivity index (χ1n) is 8.65. The van der Waals surface area contributed by atoms with Gasteiger partial charge in [-0.25, -0.2) is 4.98 Å². The lowest BCUT2D eigenvalue weighted by Crippen LogP contribution is -2.44. The van der Waals surface area contributed by atoms with E-state index >= 15 is 0 Å². The minimum atomic E-state index is -0.130. The third kappa shape index (κ3) is 4.26. The number of amides is 1. The molecule has 1 aromatic heterocycles. The first-order chi connectivity index (χ1) is 12.0. The SMILES string of the molecule is Cc1nc(C2CCCN(C(=O)CN(C)c3ccccc3)C2)cc(=O)[nH]1. The average molecular weight is 340 g/mol. The van der Waals surface area contributed by atoms with Gasteiger partial charge in [0, 0.05) is 37.8 Å². The van der Waals surface area contributed by atoms with Crippen LogP contribution in [0.3, 0.4) is 0 Å². The average Bonchev–Trinajstić information content (AvgIpc) is 2.61.